The number of aromatic nitrogens is 5. The highest BCUT2D eigenvalue weighted by Crippen LogP contribution is 2.30. The summed E-state index contributed by atoms with van der Waals surface area (Å²) in [5.74, 6) is 0.876. The van der Waals surface area contributed by atoms with Crippen LogP contribution in [0.2, 0.25) is 0 Å². The van der Waals surface area contributed by atoms with Crippen LogP contribution in [-0.2, 0) is 11.3 Å². The SMILES string of the molecule is Cc1nn(CC(=O)N[C@H]2CC[C@@H](n3c(=O)c4cc(F)cnc4n(C4CCSCC4)c3=O)CC2)c(=O)c2ccccc12. The predicted octanol–water partition coefficient (Wildman–Crippen LogP) is 3.08. The van der Waals surface area contributed by atoms with Gasteiger partial charge in [0.05, 0.1) is 22.7 Å². The Labute approximate surface area is 238 Å². The van der Waals surface area contributed by atoms with Gasteiger partial charge in [-0.1, -0.05) is 18.2 Å². The molecule has 1 saturated carbocycles. The summed E-state index contributed by atoms with van der Waals surface area (Å²) in [6.45, 7) is 1.61. The summed E-state index contributed by atoms with van der Waals surface area (Å²) < 4.78 is 18.2. The lowest BCUT2D eigenvalue weighted by atomic mass is 9.91. The molecular formula is C29H31FN6O4S. The number of nitrogens with zero attached hydrogens (tertiary/aromatic N) is 5. The maximum atomic E-state index is 14.2. The van der Waals surface area contributed by atoms with Crippen LogP contribution in [0.25, 0.3) is 21.8 Å². The van der Waals surface area contributed by atoms with E-state index in [9.17, 15) is 23.6 Å². The fourth-order valence-corrected chi connectivity index (χ4v) is 7.28. The number of thioether (sulfide) groups is 1. The molecule has 0 spiro atoms. The highest BCUT2D eigenvalue weighted by molar-refractivity contribution is 7.99. The van der Waals surface area contributed by atoms with Crippen LogP contribution in [0.4, 0.5) is 4.39 Å². The van der Waals surface area contributed by atoms with Gasteiger partial charge in [-0.3, -0.25) is 23.5 Å². The third-order valence-electron chi connectivity index (χ3n) is 8.25. The van der Waals surface area contributed by atoms with Crippen molar-refractivity contribution in [2.24, 2.45) is 0 Å². The van der Waals surface area contributed by atoms with Gasteiger partial charge in [0.15, 0.2) is 0 Å². The number of hydrogen-bond acceptors (Lipinski definition) is 7. The average molecular weight is 579 g/mol. The number of benzene rings is 1. The second-order valence-corrected chi connectivity index (χ2v) is 12.1. The summed E-state index contributed by atoms with van der Waals surface area (Å²) in [6, 6.07) is 7.73. The quantitative estimate of drug-likeness (QED) is 0.386. The normalized spacial score (nSPS) is 20.0. The van der Waals surface area contributed by atoms with E-state index in [0.29, 0.717) is 36.8 Å². The minimum Gasteiger partial charge on any atom is -0.352 e. The maximum Gasteiger partial charge on any atom is 0.333 e. The number of carbonyl (C=O) groups excluding carboxylic acids is 1. The van der Waals surface area contributed by atoms with Crippen LogP contribution in [0.3, 0.4) is 0 Å². The van der Waals surface area contributed by atoms with Gasteiger partial charge in [0.25, 0.3) is 11.1 Å². The Morgan fingerprint density at radius 3 is 2.37 bits per heavy atom. The van der Waals surface area contributed by atoms with Crippen LogP contribution in [-0.4, -0.2) is 47.4 Å². The lowest BCUT2D eigenvalue weighted by Crippen LogP contribution is -2.47. The number of rotatable bonds is 5. The molecule has 214 valence electrons. The van der Waals surface area contributed by atoms with Crippen LogP contribution < -0.4 is 22.1 Å². The molecule has 41 heavy (non-hydrogen) atoms. The van der Waals surface area contributed by atoms with Gasteiger partial charge in [0.2, 0.25) is 5.91 Å². The van der Waals surface area contributed by atoms with Gasteiger partial charge in [0.1, 0.15) is 18.0 Å². The molecule has 1 aliphatic carbocycles. The molecule has 2 aliphatic rings. The van der Waals surface area contributed by atoms with E-state index in [1.165, 1.54) is 15.3 Å². The third kappa shape index (κ3) is 5.20. The number of carbonyl (C=O) groups is 1. The molecular weight excluding hydrogens is 547 g/mol. The number of pyridine rings is 1. The van der Waals surface area contributed by atoms with E-state index in [4.69, 9.17) is 0 Å². The zero-order valence-electron chi connectivity index (χ0n) is 22.7. The van der Waals surface area contributed by atoms with Crippen molar-refractivity contribution in [1.82, 2.24) is 29.2 Å². The molecule has 6 rings (SSSR count). The fraction of sp³-hybridized carbons (Fsp3) is 0.448. The van der Waals surface area contributed by atoms with Crippen molar-refractivity contribution in [1.29, 1.82) is 0 Å². The zero-order chi connectivity index (χ0) is 28.7. The second-order valence-electron chi connectivity index (χ2n) is 10.9. The number of halogens is 1. The molecule has 10 nitrogen and oxygen atoms in total. The summed E-state index contributed by atoms with van der Waals surface area (Å²) in [5, 5.41) is 8.70. The lowest BCUT2D eigenvalue weighted by Gasteiger charge is -2.31. The van der Waals surface area contributed by atoms with Crippen molar-refractivity contribution in [3.63, 3.8) is 0 Å². The molecule has 12 heteroatoms. The molecule has 1 aromatic carbocycles. The summed E-state index contributed by atoms with van der Waals surface area (Å²) in [4.78, 5) is 57.2. The van der Waals surface area contributed by atoms with Crippen LogP contribution >= 0.6 is 11.8 Å². The van der Waals surface area contributed by atoms with E-state index < -0.39 is 17.1 Å². The van der Waals surface area contributed by atoms with Crippen LogP contribution in [0, 0.1) is 12.7 Å². The minimum absolute atomic E-state index is 0.0950. The molecule has 0 radical (unpaired) electrons. The predicted molar refractivity (Wildman–Crippen MR) is 156 cm³/mol. The number of aryl methyl sites for hydroxylation is 1. The van der Waals surface area contributed by atoms with Crippen molar-refractivity contribution in [2.75, 3.05) is 11.5 Å². The smallest absolute Gasteiger partial charge is 0.333 e. The van der Waals surface area contributed by atoms with E-state index in [0.717, 1.165) is 35.9 Å². The Hall–Kier alpha value is -3.80. The largest absolute Gasteiger partial charge is 0.352 e. The van der Waals surface area contributed by atoms with Gasteiger partial charge in [-0.05, 0) is 69.1 Å². The highest BCUT2D eigenvalue weighted by Gasteiger charge is 2.30. The van der Waals surface area contributed by atoms with Gasteiger partial charge in [-0.25, -0.2) is 18.9 Å². The molecule has 1 aliphatic heterocycles. The van der Waals surface area contributed by atoms with Crippen molar-refractivity contribution in [3.8, 4) is 0 Å². The van der Waals surface area contributed by atoms with Crippen molar-refractivity contribution in [2.45, 2.75) is 70.1 Å². The first-order valence-corrected chi connectivity index (χ1v) is 15.1. The first-order valence-electron chi connectivity index (χ1n) is 14.0. The Morgan fingerprint density at radius 1 is 0.951 bits per heavy atom. The van der Waals surface area contributed by atoms with Crippen molar-refractivity contribution in [3.05, 3.63) is 79.2 Å². The Balaban J connectivity index is 1.20. The van der Waals surface area contributed by atoms with E-state index in [1.54, 1.807) is 23.6 Å². The van der Waals surface area contributed by atoms with E-state index in [1.807, 2.05) is 23.9 Å². The summed E-state index contributed by atoms with van der Waals surface area (Å²) in [7, 11) is 0. The molecule has 0 atom stereocenters. The third-order valence-corrected chi connectivity index (χ3v) is 9.30. The highest BCUT2D eigenvalue weighted by atomic mass is 32.2. The Kier molecular flexibility index (Phi) is 7.50. The minimum atomic E-state index is -0.618. The number of fused-ring (bicyclic) bond motifs is 2. The molecule has 4 heterocycles. The molecule has 1 amide bonds. The standard InChI is InChI=1S/C29H31FN6O4S/c1-17-22-4-2-3-5-23(22)27(38)34(33-17)16-25(37)32-19-6-8-20(9-7-19)36-28(39)24-14-18(30)15-31-26(24)35(29(36)40)21-10-12-41-13-11-21/h2-5,14-15,19-21H,6-13,16H2,1H3,(H,32,37)/t19-,20+. The second kappa shape index (κ2) is 11.2. The van der Waals surface area contributed by atoms with Crippen molar-refractivity contribution >= 4 is 39.5 Å². The topological polar surface area (TPSA) is 121 Å². The molecule has 4 aromatic rings. The maximum absolute atomic E-state index is 14.2. The van der Waals surface area contributed by atoms with E-state index >= 15 is 0 Å². The van der Waals surface area contributed by atoms with Crippen LogP contribution in [0.1, 0.15) is 56.3 Å². The number of hydrogen-bond donors (Lipinski definition) is 1. The van der Waals surface area contributed by atoms with Gasteiger partial charge >= 0.3 is 5.69 Å². The Morgan fingerprint density at radius 2 is 1.63 bits per heavy atom. The lowest BCUT2D eigenvalue weighted by molar-refractivity contribution is -0.122. The molecule has 0 bridgehead atoms. The molecule has 3 aromatic heterocycles. The average Bonchev–Trinajstić information content (AvgIpc) is 2.98. The van der Waals surface area contributed by atoms with Crippen LogP contribution in [0.15, 0.2) is 50.9 Å². The fourth-order valence-electron chi connectivity index (χ4n) is 6.20. The van der Waals surface area contributed by atoms with Gasteiger partial charge < -0.3 is 5.32 Å². The molecule has 1 N–H and O–H groups in total. The zero-order valence-corrected chi connectivity index (χ0v) is 23.5. The monoisotopic (exact) mass is 578 g/mol. The summed E-state index contributed by atoms with van der Waals surface area (Å²) >= 11 is 1.83. The van der Waals surface area contributed by atoms with Gasteiger partial charge in [0, 0.05) is 23.5 Å². The Bertz CT molecular complexity index is 1820. The molecule has 1 saturated heterocycles. The molecule has 2 fully saturated rings. The van der Waals surface area contributed by atoms with E-state index in [-0.39, 0.29) is 47.2 Å². The summed E-state index contributed by atoms with van der Waals surface area (Å²) in [5.41, 5.74) is -0.337. The van der Waals surface area contributed by atoms with Gasteiger partial charge in [-0.2, -0.15) is 16.9 Å². The number of nitrogens with one attached hydrogen (secondary N) is 1. The number of amides is 1. The first kappa shape index (κ1) is 27.4. The van der Waals surface area contributed by atoms with Crippen LogP contribution in [0.5, 0.6) is 0 Å². The first-order chi connectivity index (χ1) is 19.8. The molecule has 0 unspecified atom stereocenters. The summed E-state index contributed by atoms with van der Waals surface area (Å²) in [6.07, 6.45) is 4.73. The van der Waals surface area contributed by atoms with E-state index in [2.05, 4.69) is 15.4 Å². The van der Waals surface area contributed by atoms with Gasteiger partial charge in [-0.15, -0.1) is 0 Å². The van der Waals surface area contributed by atoms with Crippen molar-refractivity contribution < 1.29 is 9.18 Å².